The molecular formula is C11H15N5O2. The summed E-state index contributed by atoms with van der Waals surface area (Å²) in [6.45, 7) is 4.20. The average Bonchev–Trinajstić information content (AvgIpc) is 2.94. The van der Waals surface area contributed by atoms with Gasteiger partial charge in [-0.05, 0) is 5.92 Å². The van der Waals surface area contributed by atoms with Crippen LogP contribution in [0.5, 0.6) is 0 Å². The van der Waals surface area contributed by atoms with Gasteiger partial charge in [0.15, 0.2) is 11.5 Å². The number of nitrogens with one attached hydrogen (secondary N) is 2. The number of aromatic amines is 1. The summed E-state index contributed by atoms with van der Waals surface area (Å²) in [5.41, 5.74) is 7.22. The van der Waals surface area contributed by atoms with Crippen molar-refractivity contribution >= 4 is 11.6 Å². The van der Waals surface area contributed by atoms with Crippen molar-refractivity contribution < 1.29 is 9.32 Å². The van der Waals surface area contributed by atoms with Gasteiger partial charge in [0.1, 0.15) is 0 Å². The van der Waals surface area contributed by atoms with E-state index >= 15 is 0 Å². The van der Waals surface area contributed by atoms with Gasteiger partial charge in [0.2, 0.25) is 0 Å². The highest BCUT2D eigenvalue weighted by molar-refractivity contribution is 5.97. The van der Waals surface area contributed by atoms with Gasteiger partial charge >= 0.3 is 0 Å². The van der Waals surface area contributed by atoms with Crippen LogP contribution in [0.3, 0.4) is 0 Å². The molecule has 1 amide bonds. The standard InChI is InChI=1S/C11H15N5O2/c1-6(2)9-8(12)10(16-15-9)11(17)13-5-7-3-4-14-18-7/h3-4,6H,5,12H2,1-2H3,(H,13,17)(H,15,16). The van der Waals surface area contributed by atoms with E-state index in [1.165, 1.54) is 6.20 Å². The number of nitrogen functional groups attached to an aromatic ring is 1. The molecule has 2 rings (SSSR count). The Morgan fingerprint density at radius 1 is 1.61 bits per heavy atom. The molecule has 0 saturated carbocycles. The Morgan fingerprint density at radius 2 is 2.39 bits per heavy atom. The number of carbonyl (C=O) groups is 1. The van der Waals surface area contributed by atoms with Crippen LogP contribution in [-0.2, 0) is 6.54 Å². The third-order valence-corrected chi connectivity index (χ3v) is 2.54. The van der Waals surface area contributed by atoms with Gasteiger partial charge in [-0.15, -0.1) is 0 Å². The predicted molar refractivity (Wildman–Crippen MR) is 64.8 cm³/mol. The van der Waals surface area contributed by atoms with Gasteiger partial charge in [0.25, 0.3) is 5.91 Å². The lowest BCUT2D eigenvalue weighted by Crippen LogP contribution is -2.23. The first kappa shape index (κ1) is 12.2. The molecule has 0 aliphatic carbocycles. The quantitative estimate of drug-likeness (QED) is 0.749. The number of amides is 1. The van der Waals surface area contributed by atoms with Crippen molar-refractivity contribution in [3.8, 4) is 0 Å². The van der Waals surface area contributed by atoms with Crippen LogP contribution in [0.2, 0.25) is 0 Å². The van der Waals surface area contributed by atoms with E-state index in [2.05, 4.69) is 20.7 Å². The number of rotatable bonds is 4. The average molecular weight is 249 g/mol. The SMILES string of the molecule is CC(C)c1[nH]nc(C(=O)NCc2ccno2)c1N. The molecule has 0 saturated heterocycles. The van der Waals surface area contributed by atoms with Crippen LogP contribution in [-0.4, -0.2) is 21.3 Å². The van der Waals surface area contributed by atoms with Gasteiger partial charge in [-0.1, -0.05) is 19.0 Å². The molecule has 0 bridgehead atoms. The third kappa shape index (κ3) is 2.34. The molecule has 0 aromatic carbocycles. The van der Waals surface area contributed by atoms with Crippen LogP contribution in [0, 0.1) is 0 Å². The molecule has 7 heteroatoms. The number of aromatic nitrogens is 3. The van der Waals surface area contributed by atoms with Gasteiger partial charge < -0.3 is 15.6 Å². The maximum absolute atomic E-state index is 11.9. The minimum atomic E-state index is -0.341. The topological polar surface area (TPSA) is 110 Å². The zero-order chi connectivity index (χ0) is 13.1. The number of anilines is 1. The van der Waals surface area contributed by atoms with E-state index in [9.17, 15) is 4.79 Å². The lowest BCUT2D eigenvalue weighted by Gasteiger charge is -2.03. The largest absolute Gasteiger partial charge is 0.395 e. The normalized spacial score (nSPS) is 10.8. The summed E-state index contributed by atoms with van der Waals surface area (Å²) >= 11 is 0. The second-order valence-corrected chi connectivity index (χ2v) is 4.22. The monoisotopic (exact) mass is 249 g/mol. The smallest absolute Gasteiger partial charge is 0.274 e. The molecular weight excluding hydrogens is 234 g/mol. The summed E-state index contributed by atoms with van der Waals surface area (Å²) in [6, 6.07) is 1.67. The minimum Gasteiger partial charge on any atom is -0.395 e. The fourth-order valence-electron chi connectivity index (χ4n) is 1.56. The summed E-state index contributed by atoms with van der Waals surface area (Å²) in [7, 11) is 0. The Labute approximate surface area is 104 Å². The number of H-pyrrole nitrogens is 1. The lowest BCUT2D eigenvalue weighted by molar-refractivity contribution is 0.0943. The fraction of sp³-hybridized carbons (Fsp3) is 0.364. The van der Waals surface area contributed by atoms with Crippen molar-refractivity contribution in [3.63, 3.8) is 0 Å². The second-order valence-electron chi connectivity index (χ2n) is 4.22. The van der Waals surface area contributed by atoms with Crippen LogP contribution in [0.25, 0.3) is 0 Å². The van der Waals surface area contributed by atoms with Crippen molar-refractivity contribution in [1.29, 1.82) is 0 Å². The van der Waals surface area contributed by atoms with E-state index in [1.807, 2.05) is 13.8 Å². The van der Waals surface area contributed by atoms with Crippen LogP contribution >= 0.6 is 0 Å². The van der Waals surface area contributed by atoms with E-state index in [4.69, 9.17) is 10.3 Å². The summed E-state index contributed by atoms with van der Waals surface area (Å²) in [5, 5.41) is 12.9. The molecule has 7 nitrogen and oxygen atoms in total. The van der Waals surface area contributed by atoms with E-state index in [0.717, 1.165) is 5.69 Å². The van der Waals surface area contributed by atoms with Crippen molar-refractivity contribution in [1.82, 2.24) is 20.7 Å². The molecule has 0 radical (unpaired) electrons. The van der Waals surface area contributed by atoms with Crippen LogP contribution in [0.1, 0.15) is 41.7 Å². The molecule has 18 heavy (non-hydrogen) atoms. The van der Waals surface area contributed by atoms with E-state index in [-0.39, 0.29) is 24.1 Å². The maximum atomic E-state index is 11.9. The maximum Gasteiger partial charge on any atom is 0.274 e. The molecule has 0 aliphatic rings. The van der Waals surface area contributed by atoms with Crippen LogP contribution in [0.15, 0.2) is 16.8 Å². The summed E-state index contributed by atoms with van der Waals surface area (Å²) in [5.74, 6) is 0.418. The highest BCUT2D eigenvalue weighted by atomic mass is 16.5. The van der Waals surface area contributed by atoms with Gasteiger partial charge in [-0.3, -0.25) is 9.89 Å². The van der Waals surface area contributed by atoms with E-state index in [1.54, 1.807) is 6.07 Å². The molecule has 0 fully saturated rings. The zero-order valence-electron chi connectivity index (χ0n) is 10.2. The fourth-order valence-corrected chi connectivity index (χ4v) is 1.56. The summed E-state index contributed by atoms with van der Waals surface area (Å²) in [4.78, 5) is 11.9. The van der Waals surface area contributed by atoms with Crippen molar-refractivity contribution in [3.05, 3.63) is 29.4 Å². The number of hydrogen-bond donors (Lipinski definition) is 3. The Bertz CT molecular complexity index is 530. The number of nitrogens with two attached hydrogens (primary N) is 1. The Morgan fingerprint density at radius 3 is 2.94 bits per heavy atom. The summed E-state index contributed by atoms with van der Waals surface area (Å²) in [6.07, 6.45) is 1.52. The highest BCUT2D eigenvalue weighted by Crippen LogP contribution is 2.21. The van der Waals surface area contributed by atoms with E-state index < -0.39 is 0 Å². The van der Waals surface area contributed by atoms with Gasteiger partial charge in [-0.25, -0.2) is 0 Å². The molecule has 0 spiro atoms. The van der Waals surface area contributed by atoms with Crippen LogP contribution < -0.4 is 11.1 Å². The summed E-state index contributed by atoms with van der Waals surface area (Å²) < 4.78 is 4.87. The molecule has 2 aromatic rings. The molecule has 0 atom stereocenters. The molecule has 2 heterocycles. The van der Waals surface area contributed by atoms with Crippen molar-refractivity contribution in [2.45, 2.75) is 26.3 Å². The van der Waals surface area contributed by atoms with Crippen LogP contribution in [0.4, 0.5) is 5.69 Å². The first-order chi connectivity index (χ1) is 8.59. The molecule has 0 aliphatic heterocycles. The van der Waals surface area contributed by atoms with Gasteiger partial charge in [0, 0.05) is 6.07 Å². The Kier molecular flexibility index (Phi) is 3.31. The second kappa shape index (κ2) is 4.91. The minimum absolute atomic E-state index is 0.188. The number of nitrogens with zero attached hydrogens (tertiary/aromatic N) is 2. The van der Waals surface area contributed by atoms with Crippen molar-refractivity contribution in [2.75, 3.05) is 5.73 Å². The molecule has 4 N–H and O–H groups in total. The van der Waals surface area contributed by atoms with Gasteiger partial charge in [0.05, 0.1) is 24.1 Å². The predicted octanol–water partition coefficient (Wildman–Crippen LogP) is 1.03. The Balaban J connectivity index is 2.05. The Hall–Kier alpha value is -2.31. The van der Waals surface area contributed by atoms with E-state index in [0.29, 0.717) is 11.4 Å². The first-order valence-electron chi connectivity index (χ1n) is 5.61. The van der Waals surface area contributed by atoms with Gasteiger partial charge in [-0.2, -0.15) is 5.10 Å². The number of hydrogen-bond acceptors (Lipinski definition) is 5. The lowest BCUT2D eigenvalue weighted by atomic mass is 10.1. The molecule has 0 unspecified atom stereocenters. The zero-order valence-corrected chi connectivity index (χ0v) is 10.2. The number of carbonyl (C=O) groups excluding carboxylic acids is 1. The third-order valence-electron chi connectivity index (χ3n) is 2.54. The first-order valence-corrected chi connectivity index (χ1v) is 5.61. The highest BCUT2D eigenvalue weighted by Gasteiger charge is 2.18. The van der Waals surface area contributed by atoms with Crippen molar-refractivity contribution in [2.24, 2.45) is 0 Å². The molecule has 96 valence electrons. The molecule has 2 aromatic heterocycles.